The third kappa shape index (κ3) is 3.11. The number of carbonyl (C=O) groups is 1. The minimum atomic E-state index is -0.939. The van der Waals surface area contributed by atoms with Crippen molar-refractivity contribution < 1.29 is 9.90 Å². The van der Waals surface area contributed by atoms with Gasteiger partial charge >= 0.3 is 5.97 Å². The molecule has 0 amide bonds. The molecule has 0 spiro atoms. The molecule has 7 heteroatoms. The molecule has 0 bridgehead atoms. The van der Waals surface area contributed by atoms with Gasteiger partial charge in [0.15, 0.2) is 0 Å². The zero-order chi connectivity index (χ0) is 16.4. The maximum Gasteiger partial charge on any atom is 0.323 e. The van der Waals surface area contributed by atoms with Crippen LogP contribution in [0.25, 0.3) is 0 Å². The standard InChI is InChI=1S/C16H20N4O2S/c1-10(2)5-16(15(21)22)6-12(11-7-17-9-18-8-11)13(20-16)14-19-3-4-23-14/h3-4,7-10,12-13,20H,5-6H2,1-2H3,(H,21,22)/t12-,13+,16-/m0/s1. The second-order valence-electron chi connectivity index (χ2n) is 6.46. The van der Waals surface area contributed by atoms with Crippen molar-refractivity contribution in [2.45, 2.75) is 44.2 Å². The summed E-state index contributed by atoms with van der Waals surface area (Å²) in [7, 11) is 0. The lowest BCUT2D eigenvalue weighted by molar-refractivity contribution is -0.145. The minimum absolute atomic E-state index is 0.00259. The molecule has 2 N–H and O–H groups in total. The van der Waals surface area contributed by atoms with Gasteiger partial charge in [0, 0.05) is 29.9 Å². The van der Waals surface area contributed by atoms with Gasteiger partial charge in [0.2, 0.25) is 0 Å². The van der Waals surface area contributed by atoms with E-state index in [0.717, 1.165) is 10.6 Å². The Balaban J connectivity index is 2.00. The number of nitrogens with zero attached hydrogens (tertiary/aromatic N) is 3. The van der Waals surface area contributed by atoms with E-state index >= 15 is 0 Å². The summed E-state index contributed by atoms with van der Waals surface area (Å²) >= 11 is 1.54. The Morgan fingerprint density at radius 3 is 2.78 bits per heavy atom. The van der Waals surface area contributed by atoms with Crippen molar-refractivity contribution >= 4 is 17.3 Å². The second-order valence-corrected chi connectivity index (χ2v) is 7.39. The summed E-state index contributed by atoms with van der Waals surface area (Å²) in [5, 5.41) is 16.1. The van der Waals surface area contributed by atoms with E-state index in [9.17, 15) is 9.90 Å². The summed E-state index contributed by atoms with van der Waals surface area (Å²) in [5.41, 5.74) is 0.0115. The van der Waals surface area contributed by atoms with Crippen LogP contribution in [0, 0.1) is 5.92 Å². The second kappa shape index (κ2) is 6.33. The molecule has 0 radical (unpaired) electrons. The van der Waals surface area contributed by atoms with Crippen LogP contribution in [-0.2, 0) is 4.79 Å². The van der Waals surface area contributed by atoms with Gasteiger partial charge < -0.3 is 5.11 Å². The molecular formula is C16H20N4O2S. The molecule has 1 saturated heterocycles. The average Bonchev–Trinajstić information content (AvgIpc) is 3.15. The zero-order valence-electron chi connectivity index (χ0n) is 13.1. The molecule has 0 saturated carbocycles. The van der Waals surface area contributed by atoms with E-state index in [1.165, 1.54) is 6.33 Å². The third-order valence-corrected chi connectivity index (χ3v) is 5.15. The first-order valence-electron chi connectivity index (χ1n) is 7.67. The Labute approximate surface area is 139 Å². The highest BCUT2D eigenvalue weighted by atomic mass is 32.1. The lowest BCUT2D eigenvalue weighted by Gasteiger charge is -2.27. The molecule has 3 rings (SSSR count). The van der Waals surface area contributed by atoms with Crippen LogP contribution in [0.2, 0.25) is 0 Å². The van der Waals surface area contributed by atoms with Gasteiger partial charge in [0.25, 0.3) is 0 Å². The fourth-order valence-electron chi connectivity index (χ4n) is 3.46. The van der Waals surface area contributed by atoms with Crippen molar-refractivity contribution in [2.75, 3.05) is 0 Å². The van der Waals surface area contributed by atoms with Crippen LogP contribution < -0.4 is 5.32 Å². The first-order valence-corrected chi connectivity index (χ1v) is 8.55. The van der Waals surface area contributed by atoms with E-state index < -0.39 is 11.5 Å². The van der Waals surface area contributed by atoms with Crippen molar-refractivity contribution in [3.05, 3.63) is 40.9 Å². The molecule has 1 aliphatic heterocycles. The predicted octanol–water partition coefficient (Wildman–Crippen LogP) is 2.62. The van der Waals surface area contributed by atoms with Gasteiger partial charge in [-0.05, 0) is 24.3 Å². The van der Waals surface area contributed by atoms with Gasteiger partial charge in [0.05, 0.1) is 6.04 Å². The Morgan fingerprint density at radius 1 is 1.48 bits per heavy atom. The molecule has 3 heterocycles. The first kappa shape index (κ1) is 16.0. The first-order chi connectivity index (χ1) is 11.0. The topological polar surface area (TPSA) is 88.0 Å². The number of thiazole rings is 1. The Bertz CT molecular complexity index is 662. The smallest absolute Gasteiger partial charge is 0.323 e. The van der Waals surface area contributed by atoms with Crippen molar-refractivity contribution in [2.24, 2.45) is 5.92 Å². The quantitative estimate of drug-likeness (QED) is 0.875. The van der Waals surface area contributed by atoms with Crippen LogP contribution in [0.1, 0.15) is 49.2 Å². The molecule has 0 aromatic carbocycles. The Hall–Kier alpha value is -1.86. The molecule has 2 aromatic heterocycles. The summed E-state index contributed by atoms with van der Waals surface area (Å²) in [6, 6.07) is -0.129. The predicted molar refractivity (Wildman–Crippen MR) is 87.2 cm³/mol. The van der Waals surface area contributed by atoms with Crippen LogP contribution in [0.3, 0.4) is 0 Å². The van der Waals surface area contributed by atoms with Crippen LogP contribution in [0.15, 0.2) is 30.3 Å². The molecule has 0 unspecified atom stereocenters. The number of aliphatic carboxylic acids is 1. The molecule has 0 aliphatic carbocycles. The van der Waals surface area contributed by atoms with Crippen LogP contribution in [-0.4, -0.2) is 31.6 Å². The molecule has 3 atom stereocenters. The molecule has 23 heavy (non-hydrogen) atoms. The van der Waals surface area contributed by atoms with Crippen LogP contribution in [0.4, 0.5) is 0 Å². The van der Waals surface area contributed by atoms with Gasteiger partial charge in [0.1, 0.15) is 16.9 Å². The molecule has 6 nitrogen and oxygen atoms in total. The van der Waals surface area contributed by atoms with Crippen molar-refractivity contribution in [3.63, 3.8) is 0 Å². The van der Waals surface area contributed by atoms with E-state index in [4.69, 9.17) is 0 Å². The third-order valence-electron chi connectivity index (χ3n) is 4.29. The summed E-state index contributed by atoms with van der Waals surface area (Å²) in [5.74, 6) is -0.523. The largest absolute Gasteiger partial charge is 0.480 e. The monoisotopic (exact) mass is 332 g/mol. The lowest BCUT2D eigenvalue weighted by atomic mass is 9.83. The number of aromatic nitrogens is 3. The number of rotatable bonds is 5. The average molecular weight is 332 g/mol. The van der Waals surface area contributed by atoms with E-state index in [1.54, 1.807) is 29.9 Å². The normalized spacial score (nSPS) is 27.4. The van der Waals surface area contributed by atoms with Gasteiger partial charge in [-0.25, -0.2) is 15.0 Å². The summed E-state index contributed by atoms with van der Waals surface area (Å²) in [6.45, 7) is 4.09. The number of hydrogen-bond acceptors (Lipinski definition) is 6. The highest BCUT2D eigenvalue weighted by molar-refractivity contribution is 7.09. The van der Waals surface area contributed by atoms with Crippen molar-refractivity contribution in [1.82, 2.24) is 20.3 Å². The van der Waals surface area contributed by atoms with Gasteiger partial charge in [-0.15, -0.1) is 11.3 Å². The fraction of sp³-hybridized carbons (Fsp3) is 0.500. The van der Waals surface area contributed by atoms with E-state index in [0.29, 0.717) is 12.8 Å². The molecular weight excluding hydrogens is 312 g/mol. The SMILES string of the molecule is CC(C)C[C@@]1(C(=O)O)C[C@@H](c2cncnc2)[C@H](c2nccs2)N1. The summed E-state index contributed by atoms with van der Waals surface area (Å²) in [6.07, 6.45) is 7.87. The molecule has 2 aromatic rings. The molecule has 1 fully saturated rings. The van der Waals surface area contributed by atoms with Crippen LogP contribution >= 0.6 is 11.3 Å². The number of hydrogen-bond donors (Lipinski definition) is 2. The number of carboxylic acid groups (broad SMARTS) is 1. The maximum absolute atomic E-state index is 12.0. The van der Waals surface area contributed by atoms with Gasteiger partial charge in [-0.2, -0.15) is 0 Å². The van der Waals surface area contributed by atoms with E-state index in [2.05, 4.69) is 20.3 Å². The number of nitrogens with one attached hydrogen (secondary N) is 1. The summed E-state index contributed by atoms with van der Waals surface area (Å²) < 4.78 is 0. The highest BCUT2D eigenvalue weighted by Crippen LogP contribution is 2.46. The minimum Gasteiger partial charge on any atom is -0.480 e. The van der Waals surface area contributed by atoms with E-state index in [-0.39, 0.29) is 17.9 Å². The summed E-state index contributed by atoms with van der Waals surface area (Å²) in [4.78, 5) is 24.6. The molecule has 1 aliphatic rings. The van der Waals surface area contributed by atoms with E-state index in [1.807, 2.05) is 19.2 Å². The van der Waals surface area contributed by atoms with Crippen molar-refractivity contribution in [3.8, 4) is 0 Å². The van der Waals surface area contributed by atoms with Gasteiger partial charge in [-0.3, -0.25) is 10.1 Å². The Morgan fingerprint density at radius 2 is 2.22 bits per heavy atom. The highest BCUT2D eigenvalue weighted by Gasteiger charge is 2.51. The van der Waals surface area contributed by atoms with Gasteiger partial charge in [-0.1, -0.05) is 13.8 Å². The zero-order valence-corrected chi connectivity index (χ0v) is 14.0. The number of carboxylic acids is 1. The Kier molecular flexibility index (Phi) is 4.41. The molecule has 122 valence electrons. The van der Waals surface area contributed by atoms with Crippen LogP contribution in [0.5, 0.6) is 0 Å². The fourth-order valence-corrected chi connectivity index (χ4v) is 4.21. The van der Waals surface area contributed by atoms with Crippen molar-refractivity contribution in [1.29, 1.82) is 0 Å². The lowest BCUT2D eigenvalue weighted by Crippen LogP contribution is -2.49. The maximum atomic E-state index is 12.0.